The van der Waals surface area contributed by atoms with E-state index in [0.717, 1.165) is 11.4 Å². The highest BCUT2D eigenvalue weighted by Crippen LogP contribution is 2.16. The fourth-order valence-corrected chi connectivity index (χ4v) is 1.52. The van der Waals surface area contributed by atoms with E-state index in [0.29, 0.717) is 19.5 Å². The molecule has 0 radical (unpaired) electrons. The van der Waals surface area contributed by atoms with E-state index in [1.54, 1.807) is 6.21 Å². The summed E-state index contributed by atoms with van der Waals surface area (Å²) >= 11 is 0. The van der Waals surface area contributed by atoms with Gasteiger partial charge in [-0.1, -0.05) is 0 Å². The summed E-state index contributed by atoms with van der Waals surface area (Å²) in [7, 11) is 0. The fraction of sp³-hybridized carbons (Fsp3) is 0.500. The molecule has 2 heterocycles. The zero-order chi connectivity index (χ0) is 9.26. The quantitative estimate of drug-likeness (QED) is 0.501. The van der Waals surface area contributed by atoms with Gasteiger partial charge in [-0.05, 0) is 0 Å². The van der Waals surface area contributed by atoms with Gasteiger partial charge < -0.3 is 10.4 Å². The molecule has 5 nitrogen and oxygen atoms in total. The van der Waals surface area contributed by atoms with Crippen molar-refractivity contribution in [3.63, 3.8) is 0 Å². The molecule has 2 aliphatic heterocycles. The first-order chi connectivity index (χ1) is 6.27. The summed E-state index contributed by atoms with van der Waals surface area (Å²) in [6.07, 6.45) is 2.30. The van der Waals surface area contributed by atoms with E-state index in [1.807, 2.05) is 0 Å². The van der Waals surface area contributed by atoms with Crippen LogP contribution in [0.3, 0.4) is 0 Å². The standard InChI is InChI=1S/C8H11N3O2/c12-8(13)6-3-5-7(4-11-6)10-2-1-9-5/h2,6,9,11H,1,3-4H2,(H,12,13). The zero-order valence-electron chi connectivity index (χ0n) is 7.08. The molecule has 0 bridgehead atoms. The Morgan fingerprint density at radius 1 is 1.69 bits per heavy atom. The van der Waals surface area contributed by atoms with Gasteiger partial charge in [-0.15, -0.1) is 0 Å². The molecule has 2 rings (SSSR count). The number of rotatable bonds is 1. The molecule has 13 heavy (non-hydrogen) atoms. The van der Waals surface area contributed by atoms with Gasteiger partial charge in [-0.2, -0.15) is 0 Å². The van der Waals surface area contributed by atoms with E-state index in [9.17, 15) is 4.79 Å². The van der Waals surface area contributed by atoms with Crippen LogP contribution in [0.1, 0.15) is 6.42 Å². The first-order valence-electron chi connectivity index (χ1n) is 4.22. The summed E-state index contributed by atoms with van der Waals surface area (Å²) in [5, 5.41) is 14.8. The number of carboxylic acids is 1. The minimum absolute atomic E-state index is 0.473. The van der Waals surface area contributed by atoms with E-state index < -0.39 is 12.0 Å². The second kappa shape index (κ2) is 3.18. The van der Waals surface area contributed by atoms with Crippen molar-refractivity contribution in [2.45, 2.75) is 12.5 Å². The van der Waals surface area contributed by atoms with Crippen LogP contribution in [-0.2, 0) is 4.79 Å². The Morgan fingerprint density at radius 2 is 2.54 bits per heavy atom. The van der Waals surface area contributed by atoms with Crippen LogP contribution in [0.15, 0.2) is 16.4 Å². The second-order valence-electron chi connectivity index (χ2n) is 3.09. The van der Waals surface area contributed by atoms with Gasteiger partial charge in [-0.3, -0.25) is 15.1 Å². The van der Waals surface area contributed by atoms with Crippen molar-refractivity contribution in [1.29, 1.82) is 0 Å². The van der Waals surface area contributed by atoms with E-state index in [-0.39, 0.29) is 0 Å². The molecule has 0 aromatic heterocycles. The van der Waals surface area contributed by atoms with Crippen molar-refractivity contribution < 1.29 is 9.90 Å². The molecule has 0 saturated heterocycles. The number of hydrogen-bond donors (Lipinski definition) is 3. The summed E-state index contributed by atoms with van der Waals surface area (Å²) in [6, 6.07) is -0.473. The highest BCUT2D eigenvalue weighted by molar-refractivity contribution is 5.74. The van der Waals surface area contributed by atoms with Crippen LogP contribution < -0.4 is 10.6 Å². The van der Waals surface area contributed by atoms with Crippen molar-refractivity contribution in [2.75, 3.05) is 13.1 Å². The minimum Gasteiger partial charge on any atom is -0.480 e. The number of nitrogens with zero attached hydrogens (tertiary/aromatic N) is 1. The first kappa shape index (κ1) is 8.25. The smallest absolute Gasteiger partial charge is 0.321 e. The molecule has 0 spiro atoms. The maximum absolute atomic E-state index is 10.7. The number of carboxylic acid groups (broad SMARTS) is 1. The van der Waals surface area contributed by atoms with E-state index in [1.165, 1.54) is 0 Å². The molecule has 0 amide bonds. The minimum atomic E-state index is -0.803. The molecular weight excluding hydrogens is 170 g/mol. The Kier molecular flexibility index (Phi) is 2.02. The lowest BCUT2D eigenvalue weighted by molar-refractivity contribution is -0.139. The Labute approximate surface area is 75.5 Å². The van der Waals surface area contributed by atoms with Crippen LogP contribution in [0.25, 0.3) is 0 Å². The molecule has 5 heteroatoms. The van der Waals surface area contributed by atoms with Crippen LogP contribution in [0.5, 0.6) is 0 Å². The van der Waals surface area contributed by atoms with Gasteiger partial charge in [0.1, 0.15) is 6.04 Å². The van der Waals surface area contributed by atoms with Crippen molar-refractivity contribution in [3.8, 4) is 0 Å². The molecular formula is C8H11N3O2. The normalized spacial score (nSPS) is 26.6. The molecule has 0 aromatic rings. The molecule has 1 unspecified atom stereocenters. The van der Waals surface area contributed by atoms with Gasteiger partial charge in [0.25, 0.3) is 0 Å². The maximum atomic E-state index is 10.7. The van der Waals surface area contributed by atoms with Gasteiger partial charge in [0.15, 0.2) is 0 Å². The zero-order valence-corrected chi connectivity index (χ0v) is 7.08. The van der Waals surface area contributed by atoms with Crippen LogP contribution in [0.2, 0.25) is 0 Å². The van der Waals surface area contributed by atoms with E-state index >= 15 is 0 Å². The van der Waals surface area contributed by atoms with Crippen molar-refractivity contribution >= 4 is 12.2 Å². The SMILES string of the molecule is O=C(O)C1CC2=C(CN1)N=CCN2. The van der Waals surface area contributed by atoms with E-state index in [2.05, 4.69) is 15.6 Å². The molecule has 0 saturated carbocycles. The van der Waals surface area contributed by atoms with Gasteiger partial charge in [-0.25, -0.2) is 0 Å². The lowest BCUT2D eigenvalue weighted by atomic mass is 10.1. The van der Waals surface area contributed by atoms with Crippen molar-refractivity contribution in [2.24, 2.45) is 4.99 Å². The molecule has 0 aromatic carbocycles. The van der Waals surface area contributed by atoms with Gasteiger partial charge >= 0.3 is 5.97 Å². The molecule has 0 fully saturated rings. The van der Waals surface area contributed by atoms with Crippen LogP contribution >= 0.6 is 0 Å². The van der Waals surface area contributed by atoms with E-state index in [4.69, 9.17) is 5.11 Å². The summed E-state index contributed by atoms with van der Waals surface area (Å²) in [4.78, 5) is 14.9. The third kappa shape index (κ3) is 1.55. The third-order valence-corrected chi connectivity index (χ3v) is 2.22. The summed E-state index contributed by atoms with van der Waals surface area (Å²) in [6.45, 7) is 1.24. The van der Waals surface area contributed by atoms with Crippen LogP contribution in [0, 0.1) is 0 Å². The lowest BCUT2D eigenvalue weighted by Gasteiger charge is -2.26. The Balaban J connectivity index is 2.14. The Bertz CT molecular complexity index is 296. The Morgan fingerprint density at radius 3 is 3.31 bits per heavy atom. The number of aliphatic imine (C=N–C) groups is 1. The number of hydrogen-bond acceptors (Lipinski definition) is 4. The monoisotopic (exact) mass is 181 g/mol. The Hall–Kier alpha value is -1.36. The molecule has 0 aliphatic carbocycles. The number of carbonyl (C=O) groups is 1. The summed E-state index contributed by atoms with van der Waals surface area (Å²) in [5.41, 5.74) is 1.90. The van der Waals surface area contributed by atoms with Gasteiger partial charge in [0.2, 0.25) is 0 Å². The highest BCUT2D eigenvalue weighted by atomic mass is 16.4. The first-order valence-corrected chi connectivity index (χ1v) is 4.22. The summed E-state index contributed by atoms with van der Waals surface area (Å²) < 4.78 is 0. The fourth-order valence-electron chi connectivity index (χ4n) is 1.52. The predicted molar refractivity (Wildman–Crippen MR) is 47.6 cm³/mol. The average molecular weight is 181 g/mol. The predicted octanol–water partition coefficient (Wildman–Crippen LogP) is -0.682. The highest BCUT2D eigenvalue weighted by Gasteiger charge is 2.25. The van der Waals surface area contributed by atoms with Crippen molar-refractivity contribution in [1.82, 2.24) is 10.6 Å². The largest absolute Gasteiger partial charge is 0.480 e. The van der Waals surface area contributed by atoms with Crippen LogP contribution in [-0.4, -0.2) is 36.4 Å². The molecule has 2 aliphatic rings. The van der Waals surface area contributed by atoms with Crippen molar-refractivity contribution in [3.05, 3.63) is 11.4 Å². The molecule has 3 N–H and O–H groups in total. The van der Waals surface area contributed by atoms with Crippen LogP contribution in [0.4, 0.5) is 0 Å². The van der Waals surface area contributed by atoms with Gasteiger partial charge in [0, 0.05) is 24.9 Å². The number of aliphatic carboxylic acids is 1. The lowest BCUT2D eigenvalue weighted by Crippen LogP contribution is -2.44. The maximum Gasteiger partial charge on any atom is 0.321 e. The average Bonchev–Trinajstić information content (AvgIpc) is 2.17. The molecule has 70 valence electrons. The topological polar surface area (TPSA) is 73.7 Å². The second-order valence-corrected chi connectivity index (χ2v) is 3.09. The summed E-state index contributed by atoms with van der Waals surface area (Å²) in [5.74, 6) is -0.803. The molecule has 1 atom stereocenters. The third-order valence-electron chi connectivity index (χ3n) is 2.22. The van der Waals surface area contributed by atoms with Gasteiger partial charge in [0.05, 0.1) is 12.2 Å². The number of nitrogens with one attached hydrogen (secondary N) is 2.